The summed E-state index contributed by atoms with van der Waals surface area (Å²) in [6, 6.07) is 17.2. The average Bonchev–Trinajstić information content (AvgIpc) is 3.95. The molecule has 12 nitrogen and oxygen atoms in total. The molecule has 1 aromatic heterocycles. The van der Waals surface area contributed by atoms with Crippen LogP contribution in [0.3, 0.4) is 0 Å². The smallest absolute Gasteiger partial charge is 0.255 e. The van der Waals surface area contributed by atoms with E-state index in [1.54, 1.807) is 12.0 Å². The number of aromatic nitrogens is 1. The molecule has 0 radical (unpaired) electrons. The Hall–Kier alpha value is -5.05. The first-order valence-electron chi connectivity index (χ1n) is 23.7. The van der Waals surface area contributed by atoms with Gasteiger partial charge < -0.3 is 33.9 Å². The number of nitrogens with one attached hydrogen (secondary N) is 2. The van der Waals surface area contributed by atoms with Crippen molar-refractivity contribution in [3.63, 3.8) is 0 Å². The van der Waals surface area contributed by atoms with Crippen LogP contribution >= 0.6 is 0 Å². The van der Waals surface area contributed by atoms with E-state index in [-0.39, 0.29) is 42.3 Å². The third kappa shape index (κ3) is 9.10. The summed E-state index contributed by atoms with van der Waals surface area (Å²) in [6.07, 6.45) is 2.74. The van der Waals surface area contributed by atoms with Gasteiger partial charge in [0.15, 0.2) is 0 Å². The number of ether oxygens (including phenoxy) is 3. The molecule has 5 aliphatic rings. The number of rotatable bonds is 15. The number of piperidine rings is 2. The standard InChI is InChI=1S/C51H64F2N6O6/c1-6-17-56(25-31(2)29-64-43-23-39-35(20-32(43)3)27-59(50(39)62)42-13-14-46(60)55-49(42)61)26-34-24-51(65-30-34)15-18-57(19-16-51)36-11-12-38(44(22-36)63-5)48-47-40(21-33(4)58(48)28-45(52)53)37-9-7-8-10-41(37)54-47/h7-12,20,22-23,31,33-34,42,45,48,54H,6,13-19,21,24-30H2,1-5H3,(H,55,60,61)/t31-,33+,34?,42?,48?/m0/s1. The van der Waals surface area contributed by atoms with Crippen molar-refractivity contribution in [2.75, 3.05) is 64.5 Å². The third-order valence-corrected chi connectivity index (χ3v) is 14.7. The molecule has 3 fully saturated rings. The van der Waals surface area contributed by atoms with E-state index in [4.69, 9.17) is 14.2 Å². The average molecular weight is 895 g/mol. The van der Waals surface area contributed by atoms with Crippen molar-refractivity contribution >= 4 is 34.3 Å². The van der Waals surface area contributed by atoms with Gasteiger partial charge in [-0.25, -0.2) is 8.78 Å². The number of alkyl halides is 2. The van der Waals surface area contributed by atoms with Crippen molar-refractivity contribution in [1.82, 2.24) is 25.0 Å². The third-order valence-electron chi connectivity index (χ3n) is 14.7. The Morgan fingerprint density at radius 1 is 1.05 bits per heavy atom. The number of nitrogens with zero attached hydrogens (tertiary/aromatic N) is 4. The number of carbonyl (C=O) groups is 3. The second-order valence-electron chi connectivity index (χ2n) is 19.4. The van der Waals surface area contributed by atoms with Crippen molar-refractivity contribution in [3.8, 4) is 11.5 Å². The zero-order valence-electron chi connectivity index (χ0n) is 38.5. The van der Waals surface area contributed by atoms with Gasteiger partial charge in [-0.05, 0) is 106 Å². The van der Waals surface area contributed by atoms with Crippen LogP contribution in [0.1, 0.15) is 104 Å². The fraction of sp³-hybridized carbons (Fsp3) is 0.549. The minimum absolute atomic E-state index is 0.0753. The molecule has 1 spiro atoms. The van der Waals surface area contributed by atoms with E-state index < -0.39 is 24.4 Å². The lowest BCUT2D eigenvalue weighted by Gasteiger charge is -2.42. The molecule has 3 aromatic carbocycles. The number of carbonyl (C=O) groups excluding carboxylic acids is 3. The van der Waals surface area contributed by atoms with Crippen LogP contribution in [0, 0.1) is 18.8 Å². The Morgan fingerprint density at radius 2 is 1.85 bits per heavy atom. The topological polar surface area (TPSA) is 120 Å². The highest BCUT2D eigenvalue weighted by molar-refractivity contribution is 6.05. The number of aromatic amines is 1. The maximum absolute atomic E-state index is 14.1. The summed E-state index contributed by atoms with van der Waals surface area (Å²) in [5.74, 6) is 1.15. The molecule has 5 atom stereocenters. The predicted octanol–water partition coefficient (Wildman–Crippen LogP) is 7.65. The van der Waals surface area contributed by atoms with Gasteiger partial charge >= 0.3 is 0 Å². The van der Waals surface area contributed by atoms with Gasteiger partial charge in [-0.15, -0.1) is 0 Å². The summed E-state index contributed by atoms with van der Waals surface area (Å²) in [6.45, 7) is 14.3. The quantitative estimate of drug-likeness (QED) is 0.116. The van der Waals surface area contributed by atoms with Gasteiger partial charge in [0.1, 0.15) is 17.5 Å². The number of methoxy groups -OCH3 is 1. The molecule has 348 valence electrons. The van der Waals surface area contributed by atoms with Gasteiger partial charge in [0.2, 0.25) is 11.8 Å². The van der Waals surface area contributed by atoms with Crippen molar-refractivity contribution in [2.24, 2.45) is 11.8 Å². The Balaban J connectivity index is 0.799. The monoisotopic (exact) mass is 894 g/mol. The van der Waals surface area contributed by atoms with E-state index >= 15 is 0 Å². The number of halogens is 2. The number of benzene rings is 3. The first-order chi connectivity index (χ1) is 31.3. The fourth-order valence-corrected chi connectivity index (χ4v) is 11.5. The number of amides is 3. The highest BCUT2D eigenvalue weighted by Crippen LogP contribution is 2.46. The largest absolute Gasteiger partial charge is 0.496 e. The number of aryl methyl sites for hydroxylation is 1. The SMILES string of the molecule is CCCN(CC1COC2(CCN(c3ccc(C4c5[nH]c6ccccc6c5C[C@@H](C)N4CC(F)F)c(OC)c3)CC2)C1)C[C@H](C)COc1cc2c(cc1C)CN(C1CCC(=O)NC1=O)C2=O. The minimum Gasteiger partial charge on any atom is -0.496 e. The molecule has 9 rings (SSSR count). The molecule has 14 heteroatoms. The molecule has 4 aromatic rings. The molecular weight excluding hydrogens is 831 g/mol. The summed E-state index contributed by atoms with van der Waals surface area (Å²) in [5, 5.41) is 3.52. The maximum atomic E-state index is 14.1. The van der Waals surface area contributed by atoms with Gasteiger partial charge in [0, 0.05) is 90.6 Å². The number of H-pyrrole nitrogens is 1. The zero-order valence-corrected chi connectivity index (χ0v) is 38.5. The molecule has 5 aliphatic heterocycles. The summed E-state index contributed by atoms with van der Waals surface area (Å²) in [4.78, 5) is 49.8. The molecule has 3 unspecified atom stereocenters. The summed E-state index contributed by atoms with van der Waals surface area (Å²) >= 11 is 0. The van der Waals surface area contributed by atoms with Crippen LogP contribution in [-0.4, -0.2) is 121 Å². The molecule has 0 saturated carbocycles. The van der Waals surface area contributed by atoms with E-state index in [9.17, 15) is 23.2 Å². The Bertz CT molecular complexity index is 2410. The molecule has 3 amide bonds. The number of fused-ring (bicyclic) bond motifs is 4. The highest BCUT2D eigenvalue weighted by Gasteiger charge is 2.44. The first kappa shape index (κ1) is 45.1. The van der Waals surface area contributed by atoms with E-state index in [1.807, 2.05) is 43.0 Å². The first-order valence-corrected chi connectivity index (χ1v) is 23.7. The number of imide groups is 1. The van der Waals surface area contributed by atoms with Crippen LogP contribution in [0.5, 0.6) is 11.5 Å². The van der Waals surface area contributed by atoms with Gasteiger partial charge in [0.05, 0.1) is 38.5 Å². The van der Waals surface area contributed by atoms with E-state index in [0.29, 0.717) is 49.0 Å². The van der Waals surface area contributed by atoms with Crippen LogP contribution < -0.4 is 19.7 Å². The van der Waals surface area contributed by atoms with Crippen LogP contribution in [0.15, 0.2) is 54.6 Å². The van der Waals surface area contributed by atoms with Crippen LogP contribution in [-0.2, 0) is 27.3 Å². The molecule has 6 heterocycles. The number of anilines is 1. The highest BCUT2D eigenvalue weighted by atomic mass is 19.3. The number of hydrogen-bond acceptors (Lipinski definition) is 9. The molecular formula is C51H64F2N6O6. The summed E-state index contributed by atoms with van der Waals surface area (Å²) in [5.41, 5.74) is 7.38. The Labute approximate surface area is 380 Å². The summed E-state index contributed by atoms with van der Waals surface area (Å²) < 4.78 is 47.4. The van der Waals surface area contributed by atoms with Crippen LogP contribution in [0.4, 0.5) is 14.5 Å². The number of para-hydroxylation sites is 1. The molecule has 3 saturated heterocycles. The molecule has 0 aliphatic carbocycles. The van der Waals surface area contributed by atoms with Crippen LogP contribution in [0.2, 0.25) is 0 Å². The summed E-state index contributed by atoms with van der Waals surface area (Å²) in [7, 11) is 1.67. The van der Waals surface area contributed by atoms with Crippen molar-refractivity contribution < 1.29 is 37.4 Å². The van der Waals surface area contributed by atoms with E-state index in [1.165, 1.54) is 5.56 Å². The minimum atomic E-state index is -2.46. The fourth-order valence-electron chi connectivity index (χ4n) is 11.5. The second-order valence-corrected chi connectivity index (χ2v) is 19.4. The van der Waals surface area contributed by atoms with Gasteiger partial charge in [0.25, 0.3) is 12.3 Å². The lowest BCUT2D eigenvalue weighted by atomic mass is 9.85. The van der Waals surface area contributed by atoms with Gasteiger partial charge in [-0.2, -0.15) is 0 Å². The van der Waals surface area contributed by atoms with E-state index in [2.05, 4.69) is 64.3 Å². The Kier molecular flexibility index (Phi) is 13.0. The molecule has 2 N–H and O–H groups in total. The second kappa shape index (κ2) is 18.7. The lowest BCUT2D eigenvalue weighted by molar-refractivity contribution is -0.136. The lowest BCUT2D eigenvalue weighted by Crippen LogP contribution is -2.52. The van der Waals surface area contributed by atoms with Crippen molar-refractivity contribution in [1.29, 1.82) is 0 Å². The molecule has 65 heavy (non-hydrogen) atoms. The Morgan fingerprint density at radius 3 is 2.60 bits per heavy atom. The van der Waals surface area contributed by atoms with Crippen molar-refractivity contribution in [3.05, 3.63) is 88.1 Å². The zero-order chi connectivity index (χ0) is 45.6. The normalized spacial score (nSPS) is 23.7. The van der Waals surface area contributed by atoms with Gasteiger partial charge in [-0.1, -0.05) is 38.1 Å². The van der Waals surface area contributed by atoms with Crippen molar-refractivity contribution in [2.45, 2.75) is 109 Å². The van der Waals surface area contributed by atoms with Crippen LogP contribution in [0.25, 0.3) is 10.9 Å². The number of hydrogen-bond donors (Lipinski definition) is 2. The maximum Gasteiger partial charge on any atom is 0.255 e. The molecule has 0 bridgehead atoms. The van der Waals surface area contributed by atoms with Gasteiger partial charge in [-0.3, -0.25) is 24.6 Å². The predicted molar refractivity (Wildman–Crippen MR) is 246 cm³/mol. The van der Waals surface area contributed by atoms with E-state index in [0.717, 1.165) is 104 Å².